The molecule has 1 aromatic rings. The summed E-state index contributed by atoms with van der Waals surface area (Å²) in [5.74, 6) is 0. The largest absolute Gasteiger partial charge is 0.399 e. The maximum absolute atomic E-state index is 12.8. The molecule has 2 fully saturated rings. The Morgan fingerprint density at radius 2 is 1.57 bits per heavy atom. The fourth-order valence-electron chi connectivity index (χ4n) is 2.70. The number of nitrogen functional groups attached to an aromatic ring is 1. The van der Waals surface area contributed by atoms with Gasteiger partial charge < -0.3 is 5.73 Å². The molecule has 2 N–H and O–H groups in total. The summed E-state index contributed by atoms with van der Waals surface area (Å²) >= 11 is 6.64. The molecule has 1 heterocycles. The number of piperazine rings is 1. The lowest BCUT2D eigenvalue weighted by atomic mass is 10.3. The van der Waals surface area contributed by atoms with Crippen molar-refractivity contribution in [3.05, 3.63) is 21.1 Å². The van der Waals surface area contributed by atoms with Crippen molar-refractivity contribution in [3.8, 4) is 0 Å². The van der Waals surface area contributed by atoms with Gasteiger partial charge in [-0.15, -0.1) is 0 Å². The molecule has 0 radical (unpaired) electrons. The molecular weight excluding hydrogens is 422 g/mol. The lowest BCUT2D eigenvalue weighted by molar-refractivity contribution is 0.180. The van der Waals surface area contributed by atoms with Crippen molar-refractivity contribution in [1.29, 1.82) is 0 Å². The quantitative estimate of drug-likeness (QED) is 0.735. The Labute approximate surface area is 141 Å². The van der Waals surface area contributed by atoms with Crippen molar-refractivity contribution in [3.63, 3.8) is 0 Å². The molecule has 1 aliphatic carbocycles. The monoisotopic (exact) mass is 437 g/mol. The van der Waals surface area contributed by atoms with Crippen molar-refractivity contribution in [2.45, 2.75) is 23.8 Å². The smallest absolute Gasteiger partial charge is 0.245 e. The summed E-state index contributed by atoms with van der Waals surface area (Å²) in [7, 11) is -3.51. The first-order valence-electron chi connectivity index (χ1n) is 6.88. The summed E-state index contributed by atoms with van der Waals surface area (Å²) in [6.07, 6.45) is 2.50. The van der Waals surface area contributed by atoms with E-state index in [0.29, 0.717) is 33.8 Å². The predicted octanol–water partition coefficient (Wildman–Crippen LogP) is 2.26. The van der Waals surface area contributed by atoms with Crippen molar-refractivity contribution in [2.24, 2.45) is 0 Å². The number of sulfonamides is 1. The van der Waals surface area contributed by atoms with Crippen LogP contribution in [0.1, 0.15) is 12.8 Å². The minimum atomic E-state index is -3.51. The molecule has 0 aromatic heterocycles. The Bertz CT molecular complexity index is 630. The minimum absolute atomic E-state index is 0.261. The van der Waals surface area contributed by atoms with Gasteiger partial charge in [0.2, 0.25) is 10.0 Å². The average molecular weight is 439 g/mol. The van der Waals surface area contributed by atoms with Gasteiger partial charge in [-0.1, -0.05) is 0 Å². The van der Waals surface area contributed by atoms with Crippen LogP contribution >= 0.6 is 31.9 Å². The van der Waals surface area contributed by atoms with Crippen LogP contribution in [0.5, 0.6) is 0 Å². The number of nitrogens with zero attached hydrogens (tertiary/aromatic N) is 2. The molecule has 0 amide bonds. The lowest BCUT2D eigenvalue weighted by Crippen LogP contribution is -2.49. The fraction of sp³-hybridized carbons (Fsp3) is 0.538. The number of rotatable bonds is 3. The first-order chi connectivity index (χ1) is 9.89. The summed E-state index contributed by atoms with van der Waals surface area (Å²) in [4.78, 5) is 2.65. The van der Waals surface area contributed by atoms with Crippen molar-refractivity contribution in [2.75, 3.05) is 31.9 Å². The first kappa shape index (κ1) is 15.7. The average Bonchev–Trinajstić information content (AvgIpc) is 3.21. The predicted molar refractivity (Wildman–Crippen MR) is 89.6 cm³/mol. The normalized spacial score (nSPS) is 21.6. The third kappa shape index (κ3) is 3.14. The maximum Gasteiger partial charge on any atom is 0.245 e. The third-order valence-electron chi connectivity index (χ3n) is 3.95. The van der Waals surface area contributed by atoms with Gasteiger partial charge in [0.05, 0.1) is 0 Å². The van der Waals surface area contributed by atoms with E-state index in [1.54, 1.807) is 16.4 Å². The highest BCUT2D eigenvalue weighted by Gasteiger charge is 2.36. The Balaban J connectivity index is 1.84. The van der Waals surface area contributed by atoms with Gasteiger partial charge in [0, 0.05) is 46.9 Å². The molecule has 21 heavy (non-hydrogen) atoms. The first-order valence-corrected chi connectivity index (χ1v) is 9.91. The second kappa shape index (κ2) is 5.81. The van der Waals surface area contributed by atoms with Gasteiger partial charge in [0.25, 0.3) is 0 Å². The molecule has 0 unspecified atom stereocenters. The molecule has 1 saturated carbocycles. The van der Waals surface area contributed by atoms with E-state index in [1.165, 1.54) is 12.8 Å². The molecule has 8 heteroatoms. The molecule has 1 saturated heterocycles. The number of hydrogen-bond acceptors (Lipinski definition) is 4. The molecule has 1 aromatic carbocycles. The van der Waals surface area contributed by atoms with Crippen LogP contribution in [0.4, 0.5) is 5.69 Å². The second-order valence-electron chi connectivity index (χ2n) is 5.48. The van der Waals surface area contributed by atoms with E-state index < -0.39 is 10.0 Å². The number of anilines is 1. The van der Waals surface area contributed by atoms with E-state index in [2.05, 4.69) is 36.8 Å². The van der Waals surface area contributed by atoms with Gasteiger partial charge in [0.15, 0.2) is 0 Å². The van der Waals surface area contributed by atoms with Crippen molar-refractivity contribution in [1.82, 2.24) is 9.21 Å². The lowest BCUT2D eigenvalue weighted by Gasteiger charge is -2.34. The molecule has 1 aliphatic heterocycles. The van der Waals surface area contributed by atoms with Gasteiger partial charge in [-0.3, -0.25) is 4.90 Å². The Kier molecular flexibility index (Phi) is 4.35. The standard InChI is InChI=1S/C13H17Br2N3O2S/c14-11-7-9(16)8-12(15)13(11)21(19,20)18-5-3-17(4-6-18)10-1-2-10/h7-8,10H,1-6,16H2. The van der Waals surface area contributed by atoms with Gasteiger partial charge in [-0.2, -0.15) is 4.31 Å². The van der Waals surface area contributed by atoms with Crippen LogP contribution in [0.15, 0.2) is 26.0 Å². The molecule has 0 spiro atoms. The topological polar surface area (TPSA) is 66.6 Å². The molecule has 0 atom stereocenters. The number of benzene rings is 1. The summed E-state index contributed by atoms with van der Waals surface area (Å²) in [5, 5.41) is 0. The Hall–Kier alpha value is -0.150. The molecule has 0 bridgehead atoms. The van der Waals surface area contributed by atoms with Crippen molar-refractivity contribution < 1.29 is 8.42 Å². The van der Waals surface area contributed by atoms with E-state index in [1.807, 2.05) is 0 Å². The molecule has 3 rings (SSSR count). The zero-order chi connectivity index (χ0) is 15.2. The van der Waals surface area contributed by atoms with E-state index in [9.17, 15) is 8.42 Å². The Morgan fingerprint density at radius 3 is 2.05 bits per heavy atom. The van der Waals surface area contributed by atoms with E-state index >= 15 is 0 Å². The van der Waals surface area contributed by atoms with Crippen LogP contribution in [0, 0.1) is 0 Å². The Morgan fingerprint density at radius 1 is 1.05 bits per heavy atom. The van der Waals surface area contributed by atoms with Crippen LogP contribution in [0.3, 0.4) is 0 Å². The second-order valence-corrected chi connectivity index (χ2v) is 9.07. The van der Waals surface area contributed by atoms with Crippen LogP contribution < -0.4 is 5.73 Å². The maximum atomic E-state index is 12.8. The minimum Gasteiger partial charge on any atom is -0.399 e. The molecule has 116 valence electrons. The number of nitrogens with two attached hydrogens (primary N) is 1. The van der Waals surface area contributed by atoms with E-state index in [-0.39, 0.29) is 4.90 Å². The van der Waals surface area contributed by atoms with Gasteiger partial charge in [-0.25, -0.2) is 8.42 Å². The van der Waals surface area contributed by atoms with Crippen LogP contribution in [-0.4, -0.2) is 49.8 Å². The molecule has 5 nitrogen and oxygen atoms in total. The van der Waals surface area contributed by atoms with Gasteiger partial charge in [0.1, 0.15) is 4.90 Å². The van der Waals surface area contributed by atoms with E-state index in [4.69, 9.17) is 5.73 Å². The summed E-state index contributed by atoms with van der Waals surface area (Å²) in [6.45, 7) is 2.71. The zero-order valence-electron chi connectivity index (χ0n) is 11.4. The molecular formula is C13H17Br2N3O2S. The number of hydrogen-bond donors (Lipinski definition) is 1. The fourth-order valence-corrected chi connectivity index (χ4v) is 6.67. The highest BCUT2D eigenvalue weighted by Crippen LogP contribution is 2.35. The van der Waals surface area contributed by atoms with Crippen LogP contribution in [0.2, 0.25) is 0 Å². The number of halogens is 2. The summed E-state index contributed by atoms with van der Waals surface area (Å²) in [5.41, 5.74) is 6.25. The summed E-state index contributed by atoms with van der Waals surface area (Å²) in [6, 6.07) is 3.93. The zero-order valence-corrected chi connectivity index (χ0v) is 15.4. The highest BCUT2D eigenvalue weighted by atomic mass is 79.9. The van der Waals surface area contributed by atoms with Gasteiger partial charge in [-0.05, 0) is 56.8 Å². The molecule has 2 aliphatic rings. The van der Waals surface area contributed by atoms with Crippen LogP contribution in [-0.2, 0) is 10.0 Å². The van der Waals surface area contributed by atoms with Gasteiger partial charge >= 0.3 is 0 Å². The SMILES string of the molecule is Nc1cc(Br)c(S(=O)(=O)N2CCN(C3CC3)CC2)c(Br)c1. The summed E-state index contributed by atoms with van der Waals surface area (Å²) < 4.78 is 28.2. The van der Waals surface area contributed by atoms with E-state index in [0.717, 1.165) is 13.1 Å². The van der Waals surface area contributed by atoms with Crippen molar-refractivity contribution >= 4 is 47.6 Å². The van der Waals surface area contributed by atoms with Crippen LogP contribution in [0.25, 0.3) is 0 Å². The highest BCUT2D eigenvalue weighted by molar-refractivity contribution is 9.11. The third-order valence-corrected chi connectivity index (χ3v) is 7.73.